The first-order chi connectivity index (χ1) is 14.2. The lowest BCUT2D eigenvalue weighted by Crippen LogP contribution is -2.51. The molecule has 3 aliphatic rings. The highest BCUT2D eigenvalue weighted by atomic mass is 16.2. The minimum Gasteiger partial charge on any atom is -0.337 e. The SMILES string of the molecule is CCCn1nc(C(=O)N2CCCCCC2)c2c1CCC(N1CCN(CC)CC1)C2. The van der Waals surface area contributed by atoms with Gasteiger partial charge in [0, 0.05) is 63.1 Å². The number of rotatable bonds is 5. The molecule has 1 aromatic rings. The maximum Gasteiger partial charge on any atom is 0.274 e. The predicted octanol–water partition coefficient (Wildman–Crippen LogP) is 2.80. The Kier molecular flexibility index (Phi) is 6.91. The number of hydrogen-bond acceptors (Lipinski definition) is 4. The number of amides is 1. The zero-order valence-electron chi connectivity index (χ0n) is 18.5. The Bertz CT molecular complexity index is 684. The molecule has 1 aliphatic carbocycles. The Morgan fingerprint density at radius 3 is 2.38 bits per heavy atom. The third-order valence-corrected chi connectivity index (χ3v) is 7.22. The van der Waals surface area contributed by atoms with E-state index < -0.39 is 0 Å². The van der Waals surface area contributed by atoms with Crippen LogP contribution < -0.4 is 0 Å². The van der Waals surface area contributed by atoms with Crippen LogP contribution in [0.3, 0.4) is 0 Å². The van der Waals surface area contributed by atoms with E-state index in [2.05, 4.69) is 33.2 Å². The molecule has 1 unspecified atom stereocenters. The molecule has 29 heavy (non-hydrogen) atoms. The molecule has 2 saturated heterocycles. The van der Waals surface area contributed by atoms with Crippen molar-refractivity contribution in [2.75, 3.05) is 45.8 Å². The summed E-state index contributed by atoms with van der Waals surface area (Å²) in [4.78, 5) is 20.7. The van der Waals surface area contributed by atoms with Crippen LogP contribution in [0.4, 0.5) is 0 Å². The van der Waals surface area contributed by atoms with Gasteiger partial charge in [0.1, 0.15) is 0 Å². The van der Waals surface area contributed by atoms with Crippen molar-refractivity contribution in [1.29, 1.82) is 0 Å². The van der Waals surface area contributed by atoms with Crippen LogP contribution in [0.25, 0.3) is 0 Å². The van der Waals surface area contributed by atoms with Crippen LogP contribution in [0, 0.1) is 0 Å². The Morgan fingerprint density at radius 2 is 1.72 bits per heavy atom. The van der Waals surface area contributed by atoms with Crippen molar-refractivity contribution >= 4 is 5.91 Å². The minimum absolute atomic E-state index is 0.189. The molecule has 2 fully saturated rings. The number of carbonyl (C=O) groups is 1. The highest BCUT2D eigenvalue weighted by Gasteiger charge is 2.34. The number of piperazine rings is 1. The van der Waals surface area contributed by atoms with Gasteiger partial charge in [-0.2, -0.15) is 5.10 Å². The molecule has 162 valence electrons. The summed E-state index contributed by atoms with van der Waals surface area (Å²) >= 11 is 0. The van der Waals surface area contributed by atoms with Crippen molar-refractivity contribution in [3.8, 4) is 0 Å². The first kappa shape index (κ1) is 20.9. The summed E-state index contributed by atoms with van der Waals surface area (Å²) in [5.41, 5.74) is 3.38. The summed E-state index contributed by atoms with van der Waals surface area (Å²) in [5, 5.41) is 4.89. The number of carbonyl (C=O) groups excluding carboxylic acids is 1. The van der Waals surface area contributed by atoms with Gasteiger partial charge >= 0.3 is 0 Å². The van der Waals surface area contributed by atoms with Gasteiger partial charge in [-0.3, -0.25) is 14.4 Å². The Hall–Kier alpha value is -1.40. The second-order valence-electron chi connectivity index (χ2n) is 9.07. The molecular formula is C23H39N5O. The smallest absolute Gasteiger partial charge is 0.274 e. The summed E-state index contributed by atoms with van der Waals surface area (Å²) < 4.78 is 2.16. The third kappa shape index (κ3) is 4.53. The number of aromatic nitrogens is 2. The minimum atomic E-state index is 0.189. The number of likely N-dealkylation sites (tertiary alicyclic amines) is 1. The molecule has 4 rings (SSSR count). The molecule has 2 aliphatic heterocycles. The van der Waals surface area contributed by atoms with Crippen LogP contribution in [0.2, 0.25) is 0 Å². The van der Waals surface area contributed by atoms with Gasteiger partial charge in [-0.25, -0.2) is 0 Å². The van der Waals surface area contributed by atoms with Crippen molar-refractivity contribution < 1.29 is 4.79 Å². The van der Waals surface area contributed by atoms with Gasteiger partial charge in [0.25, 0.3) is 5.91 Å². The number of nitrogens with zero attached hydrogens (tertiary/aromatic N) is 5. The maximum atomic E-state index is 13.4. The number of fused-ring (bicyclic) bond motifs is 1. The summed E-state index contributed by atoms with van der Waals surface area (Å²) in [6.45, 7) is 13.0. The topological polar surface area (TPSA) is 44.6 Å². The Labute approximate surface area is 176 Å². The Morgan fingerprint density at radius 1 is 1.00 bits per heavy atom. The van der Waals surface area contributed by atoms with Crippen LogP contribution >= 0.6 is 0 Å². The van der Waals surface area contributed by atoms with Crippen LogP contribution in [0.1, 0.15) is 74.1 Å². The second kappa shape index (κ2) is 9.61. The molecular weight excluding hydrogens is 362 g/mol. The number of likely N-dealkylation sites (N-methyl/N-ethyl adjacent to an activating group) is 1. The molecule has 0 aromatic carbocycles. The van der Waals surface area contributed by atoms with E-state index >= 15 is 0 Å². The lowest BCUT2D eigenvalue weighted by atomic mass is 9.89. The highest BCUT2D eigenvalue weighted by Crippen LogP contribution is 2.29. The molecule has 0 bridgehead atoms. The van der Waals surface area contributed by atoms with Crippen molar-refractivity contribution in [2.45, 2.75) is 77.8 Å². The van der Waals surface area contributed by atoms with E-state index in [-0.39, 0.29) is 5.91 Å². The summed E-state index contributed by atoms with van der Waals surface area (Å²) in [6, 6.07) is 0.566. The standard InChI is InChI=1S/C23H39N5O/c1-3-11-28-21-10-9-19(26-16-14-25(4-2)15-17-26)18-20(21)22(24-28)23(29)27-12-7-5-6-8-13-27/h19H,3-18H2,1-2H3. The van der Waals surface area contributed by atoms with E-state index in [0.717, 1.165) is 77.1 Å². The molecule has 1 aromatic heterocycles. The van der Waals surface area contributed by atoms with Gasteiger partial charge in [0.15, 0.2) is 5.69 Å². The van der Waals surface area contributed by atoms with Gasteiger partial charge in [-0.15, -0.1) is 0 Å². The van der Waals surface area contributed by atoms with Crippen molar-refractivity contribution in [3.05, 3.63) is 17.0 Å². The lowest BCUT2D eigenvalue weighted by Gasteiger charge is -2.40. The maximum absolute atomic E-state index is 13.4. The van der Waals surface area contributed by atoms with Crippen molar-refractivity contribution in [2.24, 2.45) is 0 Å². The predicted molar refractivity (Wildman–Crippen MR) is 116 cm³/mol. The third-order valence-electron chi connectivity index (χ3n) is 7.22. The molecule has 0 spiro atoms. The van der Waals surface area contributed by atoms with Gasteiger partial charge in [-0.05, 0) is 45.1 Å². The van der Waals surface area contributed by atoms with E-state index in [1.54, 1.807) is 0 Å². The normalized spacial score (nSPS) is 24.3. The first-order valence-electron chi connectivity index (χ1n) is 12.1. The Balaban J connectivity index is 1.54. The molecule has 0 N–H and O–H groups in total. The van der Waals surface area contributed by atoms with Crippen LogP contribution in [-0.4, -0.2) is 82.2 Å². The second-order valence-corrected chi connectivity index (χ2v) is 9.07. The molecule has 0 saturated carbocycles. The molecule has 1 amide bonds. The van der Waals surface area contributed by atoms with Gasteiger partial charge in [-0.1, -0.05) is 26.7 Å². The zero-order valence-corrected chi connectivity index (χ0v) is 18.5. The van der Waals surface area contributed by atoms with Gasteiger partial charge < -0.3 is 9.80 Å². The number of hydrogen-bond donors (Lipinski definition) is 0. The van der Waals surface area contributed by atoms with E-state index in [0.29, 0.717) is 6.04 Å². The highest BCUT2D eigenvalue weighted by molar-refractivity contribution is 5.94. The van der Waals surface area contributed by atoms with E-state index in [4.69, 9.17) is 5.10 Å². The molecule has 3 heterocycles. The van der Waals surface area contributed by atoms with Crippen LogP contribution in [0.5, 0.6) is 0 Å². The summed E-state index contributed by atoms with van der Waals surface area (Å²) in [5.74, 6) is 0.189. The average molecular weight is 402 g/mol. The molecule has 1 atom stereocenters. The van der Waals surface area contributed by atoms with Crippen LogP contribution in [0.15, 0.2) is 0 Å². The lowest BCUT2D eigenvalue weighted by molar-refractivity contribution is 0.0750. The monoisotopic (exact) mass is 401 g/mol. The fourth-order valence-corrected chi connectivity index (χ4v) is 5.42. The van der Waals surface area contributed by atoms with Gasteiger partial charge in [0.2, 0.25) is 0 Å². The average Bonchev–Trinajstić information content (AvgIpc) is 2.93. The van der Waals surface area contributed by atoms with E-state index in [9.17, 15) is 4.79 Å². The quantitative estimate of drug-likeness (QED) is 0.761. The van der Waals surface area contributed by atoms with Crippen molar-refractivity contribution in [1.82, 2.24) is 24.5 Å². The van der Waals surface area contributed by atoms with Crippen LogP contribution in [-0.2, 0) is 19.4 Å². The molecule has 6 heteroatoms. The van der Waals surface area contributed by atoms with E-state index in [1.165, 1.54) is 43.6 Å². The van der Waals surface area contributed by atoms with Crippen molar-refractivity contribution in [3.63, 3.8) is 0 Å². The van der Waals surface area contributed by atoms with Gasteiger partial charge in [0.05, 0.1) is 0 Å². The summed E-state index contributed by atoms with van der Waals surface area (Å²) in [7, 11) is 0. The fraction of sp³-hybridized carbons (Fsp3) is 0.826. The van der Waals surface area contributed by atoms with E-state index in [1.807, 2.05) is 0 Å². The number of aryl methyl sites for hydroxylation is 1. The molecule has 6 nitrogen and oxygen atoms in total. The zero-order chi connectivity index (χ0) is 20.2. The first-order valence-corrected chi connectivity index (χ1v) is 12.1. The fourth-order valence-electron chi connectivity index (χ4n) is 5.42. The summed E-state index contributed by atoms with van der Waals surface area (Å²) in [6.07, 6.45) is 9.09. The largest absolute Gasteiger partial charge is 0.337 e. The molecule has 0 radical (unpaired) electrons.